The summed E-state index contributed by atoms with van der Waals surface area (Å²) in [6, 6.07) is 4.29. The van der Waals surface area contributed by atoms with Crippen LogP contribution < -0.4 is 9.13 Å². The number of aromatic nitrogens is 3. The van der Waals surface area contributed by atoms with Gasteiger partial charge >= 0.3 is 0 Å². The molecular formula is C12H13N3+2. The van der Waals surface area contributed by atoms with Crippen LogP contribution in [0.15, 0.2) is 36.9 Å². The predicted molar refractivity (Wildman–Crippen MR) is 58.2 cm³/mol. The van der Waals surface area contributed by atoms with Gasteiger partial charge in [-0.05, 0) is 0 Å². The van der Waals surface area contributed by atoms with Crippen molar-refractivity contribution in [3.05, 3.63) is 36.9 Å². The summed E-state index contributed by atoms with van der Waals surface area (Å²) in [5.74, 6) is 0. The lowest BCUT2D eigenvalue weighted by Gasteiger charge is -1.88. The van der Waals surface area contributed by atoms with Crippen LogP contribution in [0.4, 0.5) is 0 Å². The molecule has 3 rings (SSSR count). The van der Waals surface area contributed by atoms with E-state index in [0.717, 1.165) is 0 Å². The van der Waals surface area contributed by atoms with E-state index >= 15 is 0 Å². The Morgan fingerprint density at radius 1 is 0.867 bits per heavy atom. The van der Waals surface area contributed by atoms with Crippen molar-refractivity contribution >= 4 is 21.8 Å². The maximum atomic E-state index is 3.42. The molecule has 0 radical (unpaired) electrons. The highest BCUT2D eigenvalue weighted by Crippen LogP contribution is 2.21. The van der Waals surface area contributed by atoms with E-state index in [-0.39, 0.29) is 0 Å². The molecule has 15 heavy (non-hydrogen) atoms. The number of aryl methyl sites for hydroxylation is 2. The normalized spacial score (nSPS) is 11.3. The van der Waals surface area contributed by atoms with Gasteiger partial charge in [-0.1, -0.05) is 0 Å². The molecule has 1 N–H and O–H groups in total. The van der Waals surface area contributed by atoms with E-state index in [9.17, 15) is 0 Å². The minimum absolute atomic E-state index is 1.18. The Balaban J connectivity index is 2.51. The molecular weight excluding hydrogens is 186 g/mol. The van der Waals surface area contributed by atoms with E-state index in [2.05, 4.69) is 51.0 Å². The van der Waals surface area contributed by atoms with Crippen LogP contribution in [-0.4, -0.2) is 4.98 Å². The first kappa shape index (κ1) is 8.41. The summed E-state index contributed by atoms with van der Waals surface area (Å²) in [6.07, 6.45) is 8.36. The molecule has 3 heterocycles. The molecule has 0 aliphatic carbocycles. The number of hydrogen-bond acceptors (Lipinski definition) is 0. The van der Waals surface area contributed by atoms with Crippen LogP contribution in [0.2, 0.25) is 0 Å². The van der Waals surface area contributed by atoms with Gasteiger partial charge in [0, 0.05) is 22.9 Å². The van der Waals surface area contributed by atoms with Crippen molar-refractivity contribution < 1.29 is 9.13 Å². The Bertz CT molecular complexity index is 596. The molecule has 0 saturated carbocycles. The number of hydrogen-bond donors (Lipinski definition) is 1. The highest BCUT2D eigenvalue weighted by Gasteiger charge is 2.09. The molecule has 74 valence electrons. The van der Waals surface area contributed by atoms with Crippen LogP contribution in [0.25, 0.3) is 21.8 Å². The van der Waals surface area contributed by atoms with E-state index in [4.69, 9.17) is 0 Å². The second-order valence-electron chi connectivity index (χ2n) is 4.00. The lowest BCUT2D eigenvalue weighted by atomic mass is 10.2. The molecule has 3 aromatic rings. The van der Waals surface area contributed by atoms with Crippen molar-refractivity contribution in [2.75, 3.05) is 0 Å². The summed E-state index contributed by atoms with van der Waals surface area (Å²) in [4.78, 5) is 3.42. The smallest absolute Gasteiger partial charge is 0.192 e. The molecule has 0 aliphatic heterocycles. The Labute approximate surface area is 87.6 Å². The minimum Gasteiger partial charge on any atom is -0.345 e. The average Bonchev–Trinajstić information content (AvgIpc) is 2.53. The highest BCUT2D eigenvalue weighted by molar-refractivity contribution is 6.05. The van der Waals surface area contributed by atoms with E-state index in [1.807, 2.05) is 14.1 Å². The van der Waals surface area contributed by atoms with Crippen molar-refractivity contribution in [2.45, 2.75) is 0 Å². The monoisotopic (exact) mass is 199 g/mol. The van der Waals surface area contributed by atoms with E-state index < -0.39 is 0 Å². The topological polar surface area (TPSA) is 23.5 Å². The van der Waals surface area contributed by atoms with Gasteiger partial charge < -0.3 is 4.98 Å². The van der Waals surface area contributed by atoms with Crippen molar-refractivity contribution in [3.8, 4) is 0 Å². The molecule has 0 saturated heterocycles. The molecule has 0 amide bonds. The summed E-state index contributed by atoms with van der Waals surface area (Å²) in [5.41, 5.74) is 2.36. The number of H-pyrrole nitrogens is 1. The fourth-order valence-corrected chi connectivity index (χ4v) is 2.01. The summed E-state index contributed by atoms with van der Waals surface area (Å²) in [6.45, 7) is 0. The second kappa shape index (κ2) is 2.79. The summed E-state index contributed by atoms with van der Waals surface area (Å²) < 4.78 is 4.11. The molecule has 3 aromatic heterocycles. The lowest BCUT2D eigenvalue weighted by Crippen LogP contribution is -2.25. The van der Waals surface area contributed by atoms with Crippen molar-refractivity contribution in [3.63, 3.8) is 0 Å². The van der Waals surface area contributed by atoms with Gasteiger partial charge in [-0.2, -0.15) is 0 Å². The lowest BCUT2D eigenvalue weighted by molar-refractivity contribution is -0.670. The third-order valence-corrected chi connectivity index (χ3v) is 2.76. The Kier molecular flexibility index (Phi) is 1.57. The van der Waals surface area contributed by atoms with Gasteiger partial charge in [-0.3, -0.25) is 0 Å². The SMILES string of the molecule is C[n+]1ccc2c(c1)[nH]c1c[n+](C)ccc12. The van der Waals surface area contributed by atoms with E-state index in [1.54, 1.807) is 0 Å². The quantitative estimate of drug-likeness (QED) is 0.522. The van der Waals surface area contributed by atoms with Crippen LogP contribution in [0.3, 0.4) is 0 Å². The number of nitrogens with one attached hydrogen (secondary N) is 1. The summed E-state index contributed by atoms with van der Waals surface area (Å²) >= 11 is 0. The molecule has 0 spiro atoms. The maximum absolute atomic E-state index is 3.42. The van der Waals surface area contributed by atoms with Gasteiger partial charge in [0.1, 0.15) is 25.1 Å². The third kappa shape index (κ3) is 1.20. The maximum Gasteiger partial charge on any atom is 0.192 e. The van der Waals surface area contributed by atoms with Crippen LogP contribution in [-0.2, 0) is 14.1 Å². The number of rotatable bonds is 0. The molecule has 0 aromatic carbocycles. The van der Waals surface area contributed by atoms with Crippen LogP contribution in [0.1, 0.15) is 0 Å². The first-order valence-electron chi connectivity index (χ1n) is 5.00. The Hall–Kier alpha value is -1.90. The molecule has 0 bridgehead atoms. The van der Waals surface area contributed by atoms with Crippen molar-refractivity contribution in [1.82, 2.24) is 4.98 Å². The van der Waals surface area contributed by atoms with Gasteiger partial charge in [-0.15, -0.1) is 0 Å². The molecule has 3 heteroatoms. The van der Waals surface area contributed by atoms with Gasteiger partial charge in [0.15, 0.2) is 24.8 Å². The van der Waals surface area contributed by atoms with Crippen molar-refractivity contribution in [1.29, 1.82) is 0 Å². The zero-order valence-electron chi connectivity index (χ0n) is 8.86. The number of aromatic amines is 1. The first-order valence-corrected chi connectivity index (χ1v) is 5.00. The highest BCUT2D eigenvalue weighted by atomic mass is 14.9. The minimum atomic E-state index is 1.18. The molecule has 3 nitrogen and oxygen atoms in total. The number of pyridine rings is 2. The Morgan fingerprint density at radius 2 is 1.33 bits per heavy atom. The summed E-state index contributed by atoms with van der Waals surface area (Å²) in [5, 5.41) is 2.56. The standard InChI is InChI=1S/C12H12N3/c1-14-5-3-9-10-4-6-15(2)8-12(10)13-11(9)7-14/h3-8H,1-2H3/q+1/p+1. The number of fused-ring (bicyclic) bond motifs is 3. The van der Waals surface area contributed by atoms with E-state index in [1.165, 1.54) is 21.8 Å². The van der Waals surface area contributed by atoms with Crippen LogP contribution >= 0.6 is 0 Å². The van der Waals surface area contributed by atoms with Crippen LogP contribution in [0.5, 0.6) is 0 Å². The fraction of sp³-hybridized carbons (Fsp3) is 0.167. The number of nitrogens with zero attached hydrogens (tertiary/aromatic N) is 2. The molecule has 0 atom stereocenters. The third-order valence-electron chi connectivity index (χ3n) is 2.76. The summed E-state index contributed by atoms with van der Waals surface area (Å²) in [7, 11) is 4.07. The predicted octanol–water partition coefficient (Wildman–Crippen LogP) is 0.970. The molecule has 0 fully saturated rings. The van der Waals surface area contributed by atoms with Gasteiger partial charge in [0.25, 0.3) is 0 Å². The van der Waals surface area contributed by atoms with Gasteiger partial charge in [0.2, 0.25) is 0 Å². The van der Waals surface area contributed by atoms with Gasteiger partial charge in [0.05, 0.1) is 0 Å². The average molecular weight is 199 g/mol. The van der Waals surface area contributed by atoms with E-state index in [0.29, 0.717) is 0 Å². The first-order chi connectivity index (χ1) is 7.24. The zero-order valence-corrected chi connectivity index (χ0v) is 8.86. The fourth-order valence-electron chi connectivity index (χ4n) is 2.01. The second-order valence-corrected chi connectivity index (χ2v) is 4.00. The Morgan fingerprint density at radius 3 is 1.80 bits per heavy atom. The molecule has 0 aliphatic rings. The van der Waals surface area contributed by atoms with Crippen LogP contribution in [0, 0.1) is 0 Å². The zero-order chi connectivity index (χ0) is 10.4. The van der Waals surface area contributed by atoms with Crippen molar-refractivity contribution in [2.24, 2.45) is 14.1 Å². The van der Waals surface area contributed by atoms with Gasteiger partial charge in [-0.25, -0.2) is 9.13 Å². The largest absolute Gasteiger partial charge is 0.345 e. The molecule has 0 unspecified atom stereocenters.